The van der Waals surface area contributed by atoms with E-state index in [9.17, 15) is 18.0 Å². The minimum Gasteiger partial charge on any atom is -0.354 e. The van der Waals surface area contributed by atoms with E-state index in [2.05, 4.69) is 5.32 Å². The first kappa shape index (κ1) is 33.7. The van der Waals surface area contributed by atoms with Crippen LogP contribution in [0.25, 0.3) is 0 Å². The van der Waals surface area contributed by atoms with Gasteiger partial charge in [-0.2, -0.15) is 0 Å². The van der Waals surface area contributed by atoms with E-state index in [4.69, 9.17) is 11.6 Å². The lowest BCUT2D eigenvalue weighted by Gasteiger charge is -2.34. The predicted octanol–water partition coefficient (Wildman–Crippen LogP) is 6.40. The minimum absolute atomic E-state index is 0.0825. The summed E-state index contributed by atoms with van der Waals surface area (Å²) in [5, 5.41) is 3.32. The molecule has 236 valence electrons. The third-order valence-electron chi connectivity index (χ3n) is 7.26. The molecule has 0 unspecified atom stereocenters. The first-order chi connectivity index (χ1) is 21.5. The molecule has 45 heavy (non-hydrogen) atoms. The molecule has 1 N–H and O–H groups in total. The molecule has 0 aliphatic carbocycles. The highest BCUT2D eigenvalue weighted by Gasteiger charge is 2.35. The van der Waals surface area contributed by atoms with Gasteiger partial charge in [-0.25, -0.2) is 12.8 Å². The molecule has 4 rings (SSSR count). The number of rotatable bonds is 13. The van der Waals surface area contributed by atoms with E-state index in [1.54, 1.807) is 36.4 Å². The van der Waals surface area contributed by atoms with Crippen molar-refractivity contribution in [3.63, 3.8) is 0 Å². The van der Waals surface area contributed by atoms with Crippen molar-refractivity contribution in [2.75, 3.05) is 17.4 Å². The molecule has 0 saturated carbocycles. The zero-order valence-corrected chi connectivity index (χ0v) is 27.1. The molecule has 0 heterocycles. The van der Waals surface area contributed by atoms with Crippen LogP contribution in [-0.2, 0) is 32.6 Å². The summed E-state index contributed by atoms with van der Waals surface area (Å²) in [6.45, 7) is 5.27. The van der Waals surface area contributed by atoms with Crippen molar-refractivity contribution in [1.29, 1.82) is 0 Å². The lowest BCUT2D eigenvalue weighted by atomic mass is 10.0. The van der Waals surface area contributed by atoms with Crippen molar-refractivity contribution in [2.24, 2.45) is 5.92 Å². The lowest BCUT2D eigenvalue weighted by molar-refractivity contribution is -0.140. The molecule has 0 saturated heterocycles. The molecular formula is C35H37ClFN3O4S. The highest BCUT2D eigenvalue weighted by atomic mass is 35.5. The highest BCUT2D eigenvalue weighted by Crippen LogP contribution is 2.28. The summed E-state index contributed by atoms with van der Waals surface area (Å²) in [6, 6.07) is 26.6. The predicted molar refractivity (Wildman–Crippen MR) is 176 cm³/mol. The normalized spacial score (nSPS) is 12.0. The molecule has 2 amide bonds. The Labute approximate surface area is 269 Å². The van der Waals surface area contributed by atoms with Crippen LogP contribution in [0.5, 0.6) is 0 Å². The fraction of sp³-hybridized carbons (Fsp3) is 0.257. The fourth-order valence-corrected chi connectivity index (χ4v) is 6.41. The SMILES string of the molecule is Cc1ccc(S(=O)(=O)N(CC(=O)N(Cc2ccccc2Cl)[C@@H](Cc2ccccc2)C(=O)NCC(C)C)c2ccccc2F)cc1. The highest BCUT2D eigenvalue weighted by molar-refractivity contribution is 7.92. The van der Waals surface area contributed by atoms with E-state index in [1.165, 1.54) is 35.2 Å². The topological polar surface area (TPSA) is 86.8 Å². The Hall–Kier alpha value is -4.21. The Morgan fingerprint density at radius 2 is 1.49 bits per heavy atom. The van der Waals surface area contributed by atoms with Gasteiger partial charge in [0.25, 0.3) is 10.0 Å². The summed E-state index contributed by atoms with van der Waals surface area (Å²) in [4.78, 5) is 29.5. The lowest BCUT2D eigenvalue weighted by Crippen LogP contribution is -2.53. The van der Waals surface area contributed by atoms with Crippen LogP contribution in [0.3, 0.4) is 0 Å². The summed E-state index contributed by atoms with van der Waals surface area (Å²) in [5.41, 5.74) is 1.93. The first-order valence-corrected chi connectivity index (χ1v) is 16.5. The smallest absolute Gasteiger partial charge is 0.264 e. The number of halogens is 2. The van der Waals surface area contributed by atoms with Crippen LogP contribution in [-0.4, -0.2) is 44.3 Å². The second-order valence-corrected chi connectivity index (χ2v) is 13.5. The minimum atomic E-state index is -4.41. The number of anilines is 1. The quantitative estimate of drug-likeness (QED) is 0.182. The van der Waals surface area contributed by atoms with Crippen molar-refractivity contribution in [3.8, 4) is 0 Å². The van der Waals surface area contributed by atoms with Crippen LogP contribution >= 0.6 is 11.6 Å². The zero-order chi connectivity index (χ0) is 32.6. The maximum Gasteiger partial charge on any atom is 0.264 e. The standard InChI is InChI=1S/C35H37ClFN3O4S/c1-25(2)22-38-35(42)33(21-27-11-5-4-6-12-27)39(23-28-13-7-8-14-30(28)36)34(41)24-40(32-16-10-9-15-31(32)37)45(43,44)29-19-17-26(3)18-20-29/h4-20,25,33H,21-24H2,1-3H3,(H,38,42)/t33-/m0/s1. The molecule has 4 aromatic carbocycles. The number of para-hydroxylation sites is 1. The van der Waals surface area contributed by atoms with Crippen LogP contribution in [0.2, 0.25) is 5.02 Å². The van der Waals surface area contributed by atoms with Crippen molar-refractivity contribution in [1.82, 2.24) is 10.2 Å². The van der Waals surface area contributed by atoms with Crippen molar-refractivity contribution >= 4 is 39.1 Å². The second kappa shape index (κ2) is 15.2. The number of carbonyl (C=O) groups excluding carboxylic acids is 2. The molecule has 1 atom stereocenters. The van der Waals surface area contributed by atoms with Gasteiger partial charge in [-0.15, -0.1) is 0 Å². The molecule has 0 aromatic heterocycles. The van der Waals surface area contributed by atoms with Gasteiger partial charge in [0.2, 0.25) is 11.8 Å². The van der Waals surface area contributed by atoms with E-state index < -0.39 is 40.2 Å². The molecule has 10 heteroatoms. The Morgan fingerprint density at radius 1 is 0.867 bits per heavy atom. The molecule has 4 aromatic rings. The van der Waals surface area contributed by atoms with E-state index >= 15 is 4.39 Å². The maximum absolute atomic E-state index is 15.2. The Bertz CT molecular complexity index is 1720. The molecule has 0 spiro atoms. The Kier molecular flexibility index (Phi) is 11.4. The Morgan fingerprint density at radius 3 is 2.13 bits per heavy atom. The van der Waals surface area contributed by atoms with Crippen LogP contribution < -0.4 is 9.62 Å². The number of amides is 2. The number of hydrogen-bond donors (Lipinski definition) is 1. The number of carbonyl (C=O) groups is 2. The molecule has 0 aliphatic rings. The van der Waals surface area contributed by atoms with E-state index in [0.29, 0.717) is 17.1 Å². The van der Waals surface area contributed by atoms with Crippen molar-refractivity contribution in [2.45, 2.75) is 44.7 Å². The van der Waals surface area contributed by atoms with Gasteiger partial charge in [0.15, 0.2) is 0 Å². The van der Waals surface area contributed by atoms with Crippen molar-refractivity contribution in [3.05, 3.63) is 131 Å². The van der Waals surface area contributed by atoms with Crippen LogP contribution in [0.1, 0.15) is 30.5 Å². The number of nitrogens with zero attached hydrogens (tertiary/aromatic N) is 2. The largest absolute Gasteiger partial charge is 0.354 e. The van der Waals surface area contributed by atoms with Gasteiger partial charge in [0.05, 0.1) is 10.6 Å². The van der Waals surface area contributed by atoms with Gasteiger partial charge >= 0.3 is 0 Å². The summed E-state index contributed by atoms with van der Waals surface area (Å²) in [7, 11) is -4.41. The second-order valence-electron chi connectivity index (χ2n) is 11.2. The molecule has 0 fully saturated rings. The number of hydrogen-bond acceptors (Lipinski definition) is 4. The third kappa shape index (κ3) is 8.71. The maximum atomic E-state index is 15.2. The molecular weight excluding hydrogens is 613 g/mol. The first-order valence-electron chi connectivity index (χ1n) is 14.7. The van der Waals surface area contributed by atoms with Crippen LogP contribution in [0.4, 0.5) is 10.1 Å². The fourth-order valence-electron chi connectivity index (χ4n) is 4.79. The van der Waals surface area contributed by atoms with Gasteiger partial charge in [0.1, 0.15) is 18.4 Å². The number of nitrogens with one attached hydrogen (secondary N) is 1. The van der Waals surface area contributed by atoms with E-state index in [0.717, 1.165) is 21.5 Å². The average Bonchev–Trinajstić information content (AvgIpc) is 3.02. The van der Waals surface area contributed by atoms with Gasteiger partial charge < -0.3 is 10.2 Å². The average molecular weight is 650 g/mol. The van der Waals surface area contributed by atoms with Gasteiger partial charge in [-0.05, 0) is 54.3 Å². The third-order valence-corrected chi connectivity index (χ3v) is 9.41. The number of sulfonamides is 1. The monoisotopic (exact) mass is 649 g/mol. The van der Waals surface area contributed by atoms with Crippen molar-refractivity contribution < 1.29 is 22.4 Å². The van der Waals surface area contributed by atoms with Crippen LogP contribution in [0.15, 0.2) is 108 Å². The summed E-state index contributed by atoms with van der Waals surface area (Å²) in [5.74, 6) is -1.76. The summed E-state index contributed by atoms with van der Waals surface area (Å²) in [6.07, 6.45) is 0.158. The molecule has 0 bridgehead atoms. The number of benzene rings is 4. The van der Waals surface area contributed by atoms with Crippen LogP contribution in [0, 0.1) is 18.7 Å². The molecule has 0 aliphatic heterocycles. The summed E-state index contributed by atoms with van der Waals surface area (Å²) < 4.78 is 44.1. The molecule has 7 nitrogen and oxygen atoms in total. The van der Waals surface area contributed by atoms with E-state index in [1.807, 2.05) is 51.1 Å². The zero-order valence-electron chi connectivity index (χ0n) is 25.5. The van der Waals surface area contributed by atoms with Gasteiger partial charge in [-0.1, -0.05) is 104 Å². The Balaban J connectivity index is 1.81. The van der Waals surface area contributed by atoms with Gasteiger partial charge in [0, 0.05) is 24.5 Å². The number of aryl methyl sites for hydroxylation is 1. The van der Waals surface area contributed by atoms with Gasteiger partial charge in [-0.3, -0.25) is 13.9 Å². The molecule has 0 radical (unpaired) electrons. The summed E-state index contributed by atoms with van der Waals surface area (Å²) >= 11 is 6.51. The van der Waals surface area contributed by atoms with E-state index in [-0.39, 0.29) is 29.5 Å².